The van der Waals surface area contributed by atoms with E-state index < -0.39 is 0 Å². The van der Waals surface area contributed by atoms with Crippen LogP contribution >= 0.6 is 0 Å². The first-order valence-corrected chi connectivity index (χ1v) is 4.95. The second-order valence-corrected chi connectivity index (χ2v) is 3.48. The number of hydrogen-bond acceptors (Lipinski definition) is 3. The zero-order chi connectivity index (χ0) is 11.4. The van der Waals surface area contributed by atoms with E-state index >= 15 is 0 Å². The smallest absolute Gasteiger partial charge is 0.146 e. The fourth-order valence-corrected chi connectivity index (χ4v) is 1.38. The molecule has 0 atom stereocenters. The first-order chi connectivity index (χ1) is 7.79. The summed E-state index contributed by atoms with van der Waals surface area (Å²) in [7, 11) is 0. The van der Waals surface area contributed by atoms with Crippen molar-refractivity contribution in [1.29, 1.82) is 5.26 Å². The second-order valence-electron chi connectivity index (χ2n) is 3.48. The molecule has 0 aliphatic carbocycles. The molecule has 0 fully saturated rings. The van der Waals surface area contributed by atoms with E-state index in [4.69, 9.17) is 14.4 Å². The molecular weight excluding hydrogens is 202 g/mol. The van der Waals surface area contributed by atoms with Crippen molar-refractivity contribution < 1.29 is 9.15 Å². The number of hydrogen-bond donors (Lipinski definition) is 0. The minimum Gasteiger partial charge on any atom is -0.484 e. The number of benzene rings is 1. The fraction of sp³-hybridized carbons (Fsp3) is 0.154. The maximum atomic E-state index is 8.91. The van der Waals surface area contributed by atoms with Gasteiger partial charge in [-0.05, 0) is 36.8 Å². The molecule has 80 valence electrons. The molecule has 0 N–H and O–H groups in total. The number of furan rings is 1. The summed E-state index contributed by atoms with van der Waals surface area (Å²) in [5.74, 6) is 1.34. The lowest BCUT2D eigenvalue weighted by Crippen LogP contribution is -1.96. The van der Waals surface area contributed by atoms with Crippen molar-refractivity contribution in [2.24, 2.45) is 0 Å². The van der Waals surface area contributed by atoms with Crippen LogP contribution in [-0.4, -0.2) is 0 Å². The quantitative estimate of drug-likeness (QED) is 0.787. The molecule has 2 aromatic rings. The van der Waals surface area contributed by atoms with E-state index in [1.807, 2.05) is 25.1 Å². The van der Waals surface area contributed by atoms with Crippen LogP contribution in [0.5, 0.6) is 5.75 Å². The van der Waals surface area contributed by atoms with E-state index in [2.05, 4.69) is 6.07 Å². The SMILES string of the molecule is Cc1ccc(C#N)c(OCc2ccco2)c1. The summed E-state index contributed by atoms with van der Waals surface area (Å²) in [4.78, 5) is 0. The Morgan fingerprint density at radius 3 is 2.94 bits per heavy atom. The number of aryl methyl sites for hydroxylation is 1. The Hall–Kier alpha value is -2.21. The zero-order valence-corrected chi connectivity index (χ0v) is 8.93. The van der Waals surface area contributed by atoms with E-state index in [0.29, 0.717) is 17.9 Å². The average molecular weight is 213 g/mol. The minimum atomic E-state index is 0.338. The molecule has 1 aromatic heterocycles. The molecule has 0 aliphatic heterocycles. The number of nitriles is 1. The molecule has 3 heteroatoms. The molecule has 16 heavy (non-hydrogen) atoms. The molecule has 0 amide bonds. The number of rotatable bonds is 3. The van der Waals surface area contributed by atoms with Crippen molar-refractivity contribution in [3.05, 3.63) is 53.5 Å². The van der Waals surface area contributed by atoms with Crippen LogP contribution in [0.4, 0.5) is 0 Å². The Morgan fingerprint density at radius 1 is 1.38 bits per heavy atom. The largest absolute Gasteiger partial charge is 0.484 e. The third kappa shape index (κ3) is 2.23. The van der Waals surface area contributed by atoms with Gasteiger partial charge >= 0.3 is 0 Å². The summed E-state index contributed by atoms with van der Waals surface area (Å²) in [6.07, 6.45) is 1.60. The van der Waals surface area contributed by atoms with Crippen molar-refractivity contribution in [2.75, 3.05) is 0 Å². The van der Waals surface area contributed by atoms with Gasteiger partial charge in [-0.3, -0.25) is 0 Å². The van der Waals surface area contributed by atoms with Crippen molar-refractivity contribution >= 4 is 0 Å². The predicted octanol–water partition coefficient (Wildman–Crippen LogP) is 3.04. The van der Waals surface area contributed by atoms with Crippen LogP contribution in [0.1, 0.15) is 16.9 Å². The molecule has 0 saturated heterocycles. The molecule has 0 spiro atoms. The molecule has 1 aromatic carbocycles. The highest BCUT2D eigenvalue weighted by atomic mass is 16.5. The van der Waals surface area contributed by atoms with Gasteiger partial charge < -0.3 is 9.15 Å². The lowest BCUT2D eigenvalue weighted by Gasteiger charge is -2.06. The van der Waals surface area contributed by atoms with Crippen LogP contribution in [0, 0.1) is 18.3 Å². The molecular formula is C13H11NO2. The third-order valence-electron chi connectivity index (χ3n) is 2.21. The summed E-state index contributed by atoms with van der Waals surface area (Å²) in [6, 6.07) is 11.2. The fourth-order valence-electron chi connectivity index (χ4n) is 1.38. The van der Waals surface area contributed by atoms with Crippen LogP contribution in [-0.2, 0) is 6.61 Å². The van der Waals surface area contributed by atoms with Crippen molar-refractivity contribution in [1.82, 2.24) is 0 Å². The van der Waals surface area contributed by atoms with Crippen molar-refractivity contribution in [3.63, 3.8) is 0 Å². The molecule has 1 heterocycles. The average Bonchev–Trinajstić information content (AvgIpc) is 2.79. The Bertz CT molecular complexity index is 509. The first kappa shape index (κ1) is 10.3. The Kier molecular flexibility index (Phi) is 2.93. The molecule has 0 radical (unpaired) electrons. The topological polar surface area (TPSA) is 46.2 Å². The maximum absolute atomic E-state index is 8.91. The summed E-state index contributed by atoms with van der Waals surface area (Å²) in [5, 5.41) is 8.91. The standard InChI is InChI=1S/C13H11NO2/c1-10-4-5-11(8-14)13(7-10)16-9-12-3-2-6-15-12/h2-7H,9H2,1H3. The van der Waals surface area contributed by atoms with E-state index in [9.17, 15) is 0 Å². The van der Waals surface area contributed by atoms with E-state index in [-0.39, 0.29) is 0 Å². The van der Waals surface area contributed by atoms with E-state index in [1.54, 1.807) is 18.4 Å². The third-order valence-corrected chi connectivity index (χ3v) is 2.21. The summed E-state index contributed by atoms with van der Waals surface area (Å²) in [5.41, 5.74) is 1.60. The molecule has 0 unspecified atom stereocenters. The molecule has 0 aliphatic rings. The van der Waals surface area contributed by atoms with Gasteiger partial charge in [0.25, 0.3) is 0 Å². The van der Waals surface area contributed by atoms with Gasteiger partial charge in [-0.2, -0.15) is 5.26 Å². The van der Waals surface area contributed by atoms with Crippen molar-refractivity contribution in [3.8, 4) is 11.8 Å². The first-order valence-electron chi connectivity index (χ1n) is 4.95. The predicted molar refractivity (Wildman–Crippen MR) is 58.9 cm³/mol. The highest BCUT2D eigenvalue weighted by Gasteiger charge is 2.04. The van der Waals surface area contributed by atoms with Crippen LogP contribution < -0.4 is 4.74 Å². The van der Waals surface area contributed by atoms with Gasteiger partial charge in [-0.15, -0.1) is 0 Å². The lowest BCUT2D eigenvalue weighted by atomic mass is 10.1. The highest BCUT2D eigenvalue weighted by Crippen LogP contribution is 2.20. The van der Waals surface area contributed by atoms with Gasteiger partial charge in [0.2, 0.25) is 0 Å². The second kappa shape index (κ2) is 4.54. The van der Waals surface area contributed by atoms with Crippen molar-refractivity contribution in [2.45, 2.75) is 13.5 Å². The van der Waals surface area contributed by atoms with Gasteiger partial charge in [0.15, 0.2) is 0 Å². The summed E-state index contributed by atoms with van der Waals surface area (Å²) < 4.78 is 10.7. The van der Waals surface area contributed by atoms with Gasteiger partial charge in [-0.25, -0.2) is 0 Å². The monoisotopic (exact) mass is 213 g/mol. The van der Waals surface area contributed by atoms with E-state index in [1.165, 1.54) is 0 Å². The normalized spacial score (nSPS) is 9.75. The van der Waals surface area contributed by atoms with Gasteiger partial charge in [0.1, 0.15) is 24.2 Å². The number of ether oxygens (including phenoxy) is 1. The maximum Gasteiger partial charge on any atom is 0.146 e. The Labute approximate surface area is 93.9 Å². The zero-order valence-electron chi connectivity index (χ0n) is 8.93. The van der Waals surface area contributed by atoms with Gasteiger partial charge in [0.05, 0.1) is 11.8 Å². The van der Waals surface area contributed by atoms with Gasteiger partial charge in [0, 0.05) is 0 Å². The Morgan fingerprint density at radius 2 is 2.25 bits per heavy atom. The summed E-state index contributed by atoms with van der Waals surface area (Å²) >= 11 is 0. The number of nitrogens with zero attached hydrogens (tertiary/aromatic N) is 1. The van der Waals surface area contributed by atoms with Gasteiger partial charge in [-0.1, -0.05) is 6.07 Å². The molecule has 3 nitrogen and oxygen atoms in total. The highest BCUT2D eigenvalue weighted by molar-refractivity contribution is 5.45. The van der Waals surface area contributed by atoms with Crippen LogP contribution in [0.3, 0.4) is 0 Å². The Balaban J connectivity index is 2.15. The molecule has 0 saturated carbocycles. The van der Waals surface area contributed by atoms with E-state index in [0.717, 1.165) is 11.3 Å². The van der Waals surface area contributed by atoms with Crippen LogP contribution in [0.15, 0.2) is 41.0 Å². The molecule has 0 bridgehead atoms. The van der Waals surface area contributed by atoms with Crippen LogP contribution in [0.2, 0.25) is 0 Å². The minimum absolute atomic E-state index is 0.338. The summed E-state index contributed by atoms with van der Waals surface area (Å²) in [6.45, 7) is 2.30. The lowest BCUT2D eigenvalue weighted by molar-refractivity contribution is 0.269. The molecule has 2 rings (SSSR count). The van der Waals surface area contributed by atoms with Crippen LogP contribution in [0.25, 0.3) is 0 Å².